The van der Waals surface area contributed by atoms with Gasteiger partial charge in [0.15, 0.2) is 6.29 Å². The number of aldehydes is 1. The predicted octanol–water partition coefficient (Wildman–Crippen LogP) is 0.975. The lowest BCUT2D eigenvalue weighted by Gasteiger charge is -2.25. The van der Waals surface area contributed by atoms with Crippen LogP contribution in [0.15, 0.2) is 0 Å². The molecule has 1 fully saturated rings. The summed E-state index contributed by atoms with van der Waals surface area (Å²) in [5.41, 5.74) is 0. The first-order chi connectivity index (χ1) is 5.36. The van der Waals surface area contributed by atoms with E-state index >= 15 is 0 Å². The van der Waals surface area contributed by atoms with Gasteiger partial charge in [-0.25, -0.2) is 0 Å². The fraction of sp³-hybridized carbons (Fsp3) is 0.875. The lowest BCUT2D eigenvalue weighted by molar-refractivity contribution is -0.193. The minimum Gasteiger partial charge on any atom is -0.346 e. The topological polar surface area (TPSA) is 35.5 Å². The third kappa shape index (κ3) is 2.60. The van der Waals surface area contributed by atoms with Crippen molar-refractivity contribution in [2.75, 3.05) is 13.2 Å². The molecule has 0 amide bonds. The summed E-state index contributed by atoms with van der Waals surface area (Å²) in [6, 6.07) is 0. The first kappa shape index (κ1) is 8.68. The average molecular weight is 158 g/mol. The van der Waals surface area contributed by atoms with Gasteiger partial charge >= 0.3 is 0 Å². The molecule has 0 atom stereocenters. The van der Waals surface area contributed by atoms with E-state index in [0.29, 0.717) is 25.4 Å². The van der Waals surface area contributed by atoms with E-state index in [1.165, 1.54) is 0 Å². The van der Waals surface area contributed by atoms with E-state index in [-0.39, 0.29) is 0 Å². The highest BCUT2D eigenvalue weighted by Gasteiger charge is 2.20. The van der Waals surface area contributed by atoms with Crippen molar-refractivity contribution in [2.24, 2.45) is 5.92 Å². The molecule has 0 aromatic rings. The monoisotopic (exact) mass is 158 g/mol. The summed E-state index contributed by atoms with van der Waals surface area (Å²) >= 11 is 0. The molecule has 0 aromatic heterocycles. The molecule has 0 radical (unpaired) electrons. The molecule has 64 valence electrons. The van der Waals surface area contributed by atoms with Gasteiger partial charge in [0.05, 0.1) is 13.2 Å². The molecule has 0 N–H and O–H groups in total. The summed E-state index contributed by atoms with van der Waals surface area (Å²) < 4.78 is 10.2. The van der Waals surface area contributed by atoms with Crippen molar-refractivity contribution < 1.29 is 14.3 Å². The average Bonchev–Trinajstić information content (AvgIpc) is 2.07. The highest BCUT2D eigenvalue weighted by atomic mass is 16.7. The lowest BCUT2D eigenvalue weighted by atomic mass is 10.1. The Balaban J connectivity index is 2.18. The number of rotatable bonds is 3. The number of hydrogen-bond donors (Lipinski definition) is 0. The van der Waals surface area contributed by atoms with Crippen molar-refractivity contribution in [1.29, 1.82) is 0 Å². The molecule has 1 heterocycles. The van der Waals surface area contributed by atoms with Gasteiger partial charge in [0.25, 0.3) is 0 Å². The molecule has 0 saturated carbocycles. The third-order valence-electron chi connectivity index (χ3n) is 1.80. The van der Waals surface area contributed by atoms with Gasteiger partial charge in [0, 0.05) is 5.92 Å². The molecule has 0 bridgehead atoms. The van der Waals surface area contributed by atoms with E-state index in [1.807, 2.05) is 0 Å². The second-order valence-corrected chi connectivity index (χ2v) is 2.83. The maximum atomic E-state index is 10.2. The van der Waals surface area contributed by atoms with E-state index in [2.05, 4.69) is 6.92 Å². The maximum Gasteiger partial charge on any atom is 0.214 e. The molecule has 0 aromatic carbocycles. The van der Waals surface area contributed by atoms with Crippen LogP contribution in [0.25, 0.3) is 0 Å². The van der Waals surface area contributed by atoms with Gasteiger partial charge in [-0.2, -0.15) is 0 Å². The zero-order valence-electron chi connectivity index (χ0n) is 6.79. The largest absolute Gasteiger partial charge is 0.346 e. The van der Waals surface area contributed by atoms with Gasteiger partial charge in [-0.05, 0) is 6.42 Å². The van der Waals surface area contributed by atoms with Crippen molar-refractivity contribution >= 4 is 6.29 Å². The second kappa shape index (κ2) is 4.46. The Kier molecular flexibility index (Phi) is 3.52. The smallest absolute Gasteiger partial charge is 0.214 e. The molecule has 0 unspecified atom stereocenters. The fourth-order valence-corrected chi connectivity index (χ4v) is 1.21. The van der Waals surface area contributed by atoms with Crippen molar-refractivity contribution in [3.05, 3.63) is 0 Å². The molecule has 3 heteroatoms. The highest BCUT2D eigenvalue weighted by molar-refractivity contribution is 5.53. The minimum atomic E-state index is -0.608. The van der Waals surface area contributed by atoms with Gasteiger partial charge < -0.3 is 9.47 Å². The van der Waals surface area contributed by atoms with E-state index in [9.17, 15) is 4.79 Å². The Morgan fingerprint density at radius 1 is 1.45 bits per heavy atom. The van der Waals surface area contributed by atoms with Crippen LogP contribution in [0.5, 0.6) is 0 Å². The molecule has 11 heavy (non-hydrogen) atoms. The number of carbonyl (C=O) groups is 1. The number of hydrogen-bond acceptors (Lipinski definition) is 3. The minimum absolute atomic E-state index is 0.483. The van der Waals surface area contributed by atoms with Crippen LogP contribution in [0.3, 0.4) is 0 Å². The lowest BCUT2D eigenvalue weighted by Crippen LogP contribution is -2.32. The van der Waals surface area contributed by atoms with Crippen molar-refractivity contribution in [3.8, 4) is 0 Å². The van der Waals surface area contributed by atoms with E-state index in [0.717, 1.165) is 12.8 Å². The Labute approximate surface area is 66.7 Å². The van der Waals surface area contributed by atoms with Crippen LogP contribution in [0.2, 0.25) is 0 Å². The number of carbonyl (C=O) groups excluding carboxylic acids is 1. The first-order valence-electron chi connectivity index (χ1n) is 4.05. The Morgan fingerprint density at radius 2 is 2.09 bits per heavy atom. The quantitative estimate of drug-likeness (QED) is 0.574. The van der Waals surface area contributed by atoms with Gasteiger partial charge in [0.2, 0.25) is 6.29 Å². The predicted molar refractivity (Wildman–Crippen MR) is 40.2 cm³/mol. The fourth-order valence-electron chi connectivity index (χ4n) is 1.21. The van der Waals surface area contributed by atoms with Crippen molar-refractivity contribution in [1.82, 2.24) is 0 Å². The maximum absolute atomic E-state index is 10.2. The summed E-state index contributed by atoms with van der Waals surface area (Å²) in [6.45, 7) is 3.46. The van der Waals surface area contributed by atoms with Gasteiger partial charge in [0.1, 0.15) is 0 Å². The first-order valence-corrected chi connectivity index (χ1v) is 4.05. The summed E-state index contributed by atoms with van der Waals surface area (Å²) in [6.07, 6.45) is 2.35. The summed E-state index contributed by atoms with van der Waals surface area (Å²) in [7, 11) is 0. The molecular weight excluding hydrogens is 144 g/mol. The van der Waals surface area contributed by atoms with E-state index in [1.54, 1.807) is 0 Å². The molecule has 1 aliphatic rings. The number of ether oxygens (including phenoxy) is 2. The van der Waals surface area contributed by atoms with Gasteiger partial charge in [-0.3, -0.25) is 4.79 Å². The van der Waals surface area contributed by atoms with Crippen LogP contribution in [-0.2, 0) is 14.3 Å². The third-order valence-corrected chi connectivity index (χ3v) is 1.80. The molecule has 3 nitrogen and oxygen atoms in total. The Morgan fingerprint density at radius 3 is 2.55 bits per heavy atom. The van der Waals surface area contributed by atoms with Crippen LogP contribution in [0.1, 0.15) is 19.8 Å². The zero-order chi connectivity index (χ0) is 8.10. The molecule has 0 aliphatic carbocycles. The highest BCUT2D eigenvalue weighted by Crippen LogP contribution is 2.14. The Hall–Kier alpha value is -0.410. The van der Waals surface area contributed by atoms with Crippen LogP contribution in [0, 0.1) is 5.92 Å². The standard InChI is InChI=1S/C8H14O3/c1-2-3-7-5-10-8(4-9)11-6-7/h4,7-8H,2-3,5-6H2,1H3. The summed E-state index contributed by atoms with van der Waals surface area (Å²) in [5, 5.41) is 0. The van der Waals surface area contributed by atoms with Crippen LogP contribution >= 0.6 is 0 Å². The van der Waals surface area contributed by atoms with Crippen LogP contribution in [0.4, 0.5) is 0 Å². The summed E-state index contributed by atoms with van der Waals surface area (Å²) in [4.78, 5) is 10.2. The van der Waals surface area contributed by atoms with Gasteiger partial charge in [-0.1, -0.05) is 13.3 Å². The summed E-state index contributed by atoms with van der Waals surface area (Å²) in [5.74, 6) is 0.483. The van der Waals surface area contributed by atoms with Crippen molar-refractivity contribution in [3.63, 3.8) is 0 Å². The SMILES string of the molecule is CCCC1COC(C=O)OC1. The van der Waals surface area contributed by atoms with Crippen LogP contribution in [-0.4, -0.2) is 25.8 Å². The van der Waals surface area contributed by atoms with Crippen molar-refractivity contribution in [2.45, 2.75) is 26.1 Å². The zero-order valence-corrected chi connectivity index (χ0v) is 6.79. The molecular formula is C8H14O3. The molecule has 1 saturated heterocycles. The molecule has 1 rings (SSSR count). The van der Waals surface area contributed by atoms with Gasteiger partial charge in [-0.15, -0.1) is 0 Å². The molecule has 0 spiro atoms. The van der Waals surface area contributed by atoms with E-state index in [4.69, 9.17) is 9.47 Å². The molecule has 1 aliphatic heterocycles. The van der Waals surface area contributed by atoms with E-state index < -0.39 is 6.29 Å². The second-order valence-electron chi connectivity index (χ2n) is 2.83. The Bertz CT molecular complexity index is 117. The van der Waals surface area contributed by atoms with Crippen LogP contribution < -0.4 is 0 Å². The normalized spacial score (nSPS) is 31.7.